The van der Waals surface area contributed by atoms with Crippen molar-refractivity contribution in [3.05, 3.63) is 119 Å². The molecule has 0 unspecified atom stereocenters. The Morgan fingerprint density at radius 3 is 2.60 bits per heavy atom. The smallest absolute Gasteiger partial charge is 0.197 e. The number of halogens is 1. The third-order valence-corrected chi connectivity index (χ3v) is 7.04. The topological polar surface area (TPSA) is 93.6 Å². The first-order valence-electron chi connectivity index (χ1n) is 13.9. The zero-order chi connectivity index (χ0) is 30.1. The van der Waals surface area contributed by atoms with Crippen molar-refractivity contribution in [1.82, 2.24) is 9.97 Å². The maximum Gasteiger partial charge on any atom is 0.197 e. The van der Waals surface area contributed by atoms with Crippen molar-refractivity contribution in [2.45, 2.75) is 32.8 Å². The summed E-state index contributed by atoms with van der Waals surface area (Å²) in [6.45, 7) is 5.44. The van der Waals surface area contributed by atoms with Crippen LogP contribution in [0.25, 0.3) is 16.5 Å². The molecule has 3 aromatic carbocycles. The van der Waals surface area contributed by atoms with Crippen LogP contribution in [0.5, 0.6) is 17.2 Å². The predicted octanol–water partition coefficient (Wildman–Crippen LogP) is 7.59. The Morgan fingerprint density at radius 1 is 0.977 bits per heavy atom. The van der Waals surface area contributed by atoms with E-state index >= 15 is 4.39 Å². The van der Waals surface area contributed by atoms with Crippen LogP contribution in [0, 0.1) is 12.7 Å². The molecular formula is C35H30FN3O4. The molecule has 2 heterocycles. The molecule has 0 aliphatic heterocycles. The fourth-order valence-electron chi connectivity index (χ4n) is 4.98. The summed E-state index contributed by atoms with van der Waals surface area (Å²) in [6.07, 6.45) is 5.76. The van der Waals surface area contributed by atoms with Crippen LogP contribution in [0.4, 0.5) is 15.9 Å². The largest absolute Gasteiger partial charge is 0.491 e. The van der Waals surface area contributed by atoms with Gasteiger partial charge in [0.05, 0.1) is 16.7 Å². The van der Waals surface area contributed by atoms with Gasteiger partial charge in [-0.2, -0.15) is 0 Å². The molecule has 5 aromatic rings. The lowest BCUT2D eigenvalue weighted by Gasteiger charge is -2.20. The van der Waals surface area contributed by atoms with Gasteiger partial charge in [-0.1, -0.05) is 35.9 Å². The summed E-state index contributed by atoms with van der Waals surface area (Å²) in [4.78, 5) is 22.4. The number of rotatable bonds is 8. The summed E-state index contributed by atoms with van der Waals surface area (Å²) in [5.74, 6) is 0.675. The Kier molecular flexibility index (Phi) is 7.38. The highest BCUT2D eigenvalue weighted by Crippen LogP contribution is 2.35. The van der Waals surface area contributed by atoms with E-state index in [9.17, 15) is 9.90 Å². The van der Waals surface area contributed by atoms with Crippen LogP contribution in [0.1, 0.15) is 40.9 Å². The van der Waals surface area contributed by atoms with Gasteiger partial charge < -0.3 is 19.9 Å². The highest BCUT2D eigenvalue weighted by molar-refractivity contribution is 6.32. The molecule has 6 rings (SSSR count). The molecule has 0 saturated carbocycles. The number of pyridine rings is 2. The number of anilines is 2. The standard InChI is InChI=1S/C35H30FN3O4/c1-21-5-4-6-23(17-21)26-10-7-22-13-15-38-34(32(22)33(26)40)39-24-8-12-31(28(36)18-24)43-30-14-16-37-29-19-25(9-11-27(29)30)42-20-35(2,3)41/h4-6,8-19,41H,7,20H2,1-3H3,(H,38,39). The second kappa shape index (κ2) is 11.3. The fourth-order valence-corrected chi connectivity index (χ4v) is 4.98. The van der Waals surface area contributed by atoms with Crippen molar-refractivity contribution < 1.29 is 23.8 Å². The number of nitrogens with one attached hydrogen (secondary N) is 1. The lowest BCUT2D eigenvalue weighted by molar-refractivity contribution is 0.0285. The minimum Gasteiger partial charge on any atom is -0.491 e. The number of ketones is 1. The van der Waals surface area contributed by atoms with Gasteiger partial charge in [-0.25, -0.2) is 9.37 Å². The van der Waals surface area contributed by atoms with Crippen LogP contribution >= 0.6 is 0 Å². The number of nitrogens with zero attached hydrogens (tertiary/aromatic N) is 2. The van der Waals surface area contributed by atoms with Crippen molar-refractivity contribution in [3.63, 3.8) is 0 Å². The first kappa shape index (κ1) is 28.1. The van der Waals surface area contributed by atoms with Crippen LogP contribution in [-0.4, -0.2) is 33.1 Å². The van der Waals surface area contributed by atoms with Gasteiger partial charge in [0, 0.05) is 41.2 Å². The molecule has 0 fully saturated rings. The Labute approximate surface area is 248 Å². The Bertz CT molecular complexity index is 1890. The summed E-state index contributed by atoms with van der Waals surface area (Å²) in [5, 5.41) is 13.7. The molecule has 0 radical (unpaired) electrons. The second-order valence-corrected chi connectivity index (χ2v) is 11.2. The minimum absolute atomic E-state index is 0.0317. The first-order chi connectivity index (χ1) is 20.6. The Hall–Kier alpha value is -5.08. The average Bonchev–Trinajstić information content (AvgIpc) is 2.97. The molecule has 43 heavy (non-hydrogen) atoms. The number of hydrogen-bond donors (Lipinski definition) is 2. The van der Waals surface area contributed by atoms with Crippen LogP contribution in [0.3, 0.4) is 0 Å². The molecule has 2 aromatic heterocycles. The summed E-state index contributed by atoms with van der Waals surface area (Å²) in [7, 11) is 0. The fraction of sp³-hybridized carbons (Fsp3) is 0.171. The van der Waals surface area contributed by atoms with E-state index in [1.807, 2.05) is 43.3 Å². The van der Waals surface area contributed by atoms with Crippen molar-refractivity contribution in [2.24, 2.45) is 0 Å². The van der Waals surface area contributed by atoms with Crippen LogP contribution < -0.4 is 14.8 Å². The lowest BCUT2D eigenvalue weighted by atomic mass is 9.87. The van der Waals surface area contributed by atoms with Gasteiger partial charge >= 0.3 is 0 Å². The quantitative estimate of drug-likeness (QED) is 0.197. The second-order valence-electron chi connectivity index (χ2n) is 11.2. The van der Waals surface area contributed by atoms with E-state index in [1.165, 1.54) is 12.1 Å². The molecule has 0 atom stereocenters. The number of allylic oxidation sites excluding steroid dienone is 2. The summed E-state index contributed by atoms with van der Waals surface area (Å²) < 4.78 is 27.0. The van der Waals surface area contributed by atoms with E-state index in [2.05, 4.69) is 15.3 Å². The minimum atomic E-state index is -0.974. The number of ether oxygens (including phenoxy) is 2. The predicted molar refractivity (Wildman–Crippen MR) is 165 cm³/mol. The van der Waals surface area contributed by atoms with E-state index in [0.717, 1.165) is 16.7 Å². The van der Waals surface area contributed by atoms with Crippen molar-refractivity contribution in [1.29, 1.82) is 0 Å². The third-order valence-electron chi connectivity index (χ3n) is 7.04. The van der Waals surface area contributed by atoms with E-state index in [-0.39, 0.29) is 18.1 Å². The van der Waals surface area contributed by atoms with E-state index < -0.39 is 11.4 Å². The normalized spacial score (nSPS) is 13.0. The Balaban J connectivity index is 1.22. The number of aryl methyl sites for hydroxylation is 1. The van der Waals surface area contributed by atoms with Gasteiger partial charge in [-0.05, 0) is 74.7 Å². The third kappa shape index (κ3) is 6.10. The van der Waals surface area contributed by atoms with E-state index in [4.69, 9.17) is 9.47 Å². The van der Waals surface area contributed by atoms with Crippen LogP contribution in [0.15, 0.2) is 91.3 Å². The van der Waals surface area contributed by atoms with E-state index in [0.29, 0.717) is 51.5 Å². The van der Waals surface area contributed by atoms with Gasteiger partial charge in [0.2, 0.25) is 0 Å². The van der Waals surface area contributed by atoms with Crippen molar-refractivity contribution in [2.75, 3.05) is 11.9 Å². The number of aliphatic hydroxyl groups is 1. The molecule has 1 aliphatic rings. The number of fused-ring (bicyclic) bond motifs is 2. The van der Waals surface area contributed by atoms with Gasteiger partial charge in [0.15, 0.2) is 17.3 Å². The highest BCUT2D eigenvalue weighted by atomic mass is 19.1. The number of hydrogen-bond acceptors (Lipinski definition) is 7. The molecule has 0 bridgehead atoms. The monoisotopic (exact) mass is 575 g/mol. The Morgan fingerprint density at radius 2 is 1.81 bits per heavy atom. The van der Waals surface area contributed by atoms with Crippen molar-refractivity contribution in [3.8, 4) is 17.2 Å². The van der Waals surface area contributed by atoms with Crippen LogP contribution in [-0.2, 0) is 6.42 Å². The molecule has 0 spiro atoms. The number of aromatic nitrogens is 2. The number of Topliss-reactive ketones (excluding diaryl/α,β-unsaturated/α-hetero) is 1. The van der Waals surface area contributed by atoms with Crippen molar-refractivity contribution >= 4 is 33.8 Å². The maximum atomic E-state index is 15.3. The van der Waals surface area contributed by atoms with Gasteiger partial charge in [-0.3, -0.25) is 9.78 Å². The molecule has 7 nitrogen and oxygen atoms in total. The molecule has 0 saturated heterocycles. The lowest BCUT2D eigenvalue weighted by Crippen LogP contribution is -2.27. The van der Waals surface area contributed by atoms with Gasteiger partial charge in [0.1, 0.15) is 23.9 Å². The summed E-state index contributed by atoms with van der Waals surface area (Å²) in [6, 6.07) is 21.1. The number of carbonyl (C=O) groups excluding carboxylic acids is 1. The summed E-state index contributed by atoms with van der Waals surface area (Å²) in [5.41, 5.74) is 3.96. The van der Waals surface area contributed by atoms with Crippen LogP contribution in [0.2, 0.25) is 0 Å². The first-order valence-corrected chi connectivity index (χ1v) is 13.9. The highest BCUT2D eigenvalue weighted by Gasteiger charge is 2.26. The zero-order valence-electron chi connectivity index (χ0n) is 24.0. The van der Waals surface area contributed by atoms with E-state index in [1.54, 1.807) is 56.6 Å². The SMILES string of the molecule is Cc1cccc(C2=CCc3ccnc(Nc4ccc(Oc5ccnc6cc(OCC(C)(C)O)ccc56)c(F)c4)c3C2=O)c1. The molecule has 2 N–H and O–H groups in total. The average molecular weight is 576 g/mol. The van der Waals surface area contributed by atoms with Gasteiger partial charge in [-0.15, -0.1) is 0 Å². The molecule has 8 heteroatoms. The molecule has 1 aliphatic carbocycles. The maximum absolute atomic E-state index is 15.3. The number of carbonyl (C=O) groups is 1. The zero-order valence-corrected chi connectivity index (χ0v) is 24.0. The number of benzene rings is 3. The molecule has 0 amide bonds. The summed E-state index contributed by atoms with van der Waals surface area (Å²) >= 11 is 0. The molecular weight excluding hydrogens is 545 g/mol. The molecule has 216 valence electrons. The van der Waals surface area contributed by atoms with Gasteiger partial charge in [0.25, 0.3) is 0 Å².